The van der Waals surface area contributed by atoms with E-state index in [-0.39, 0.29) is 0 Å². The van der Waals surface area contributed by atoms with E-state index in [0.29, 0.717) is 0 Å². The summed E-state index contributed by atoms with van der Waals surface area (Å²) in [4.78, 5) is 9.66. The largest absolute Gasteiger partial charge is 0.298 e. The quantitative estimate of drug-likeness (QED) is 0.443. The van der Waals surface area contributed by atoms with Gasteiger partial charge in [-0.05, 0) is 50.5 Å². The smallest absolute Gasteiger partial charge is 0.182 e. The zero-order chi connectivity index (χ0) is 19.4. The van der Waals surface area contributed by atoms with Crippen LogP contribution in [0.1, 0.15) is 22.4 Å². The van der Waals surface area contributed by atoms with Gasteiger partial charge in [-0.1, -0.05) is 42.5 Å². The summed E-state index contributed by atoms with van der Waals surface area (Å²) in [5, 5.41) is 5.75. The molecular formula is C23H21N5. The van der Waals surface area contributed by atoms with Gasteiger partial charge in [0.25, 0.3) is 0 Å². The SMILES string of the molecule is Cc1ccccc1-c1nc2c3c(C)c(C)n(-c4ccccc4C)c3ncn2n1. The highest BCUT2D eigenvalue weighted by atomic mass is 15.3. The minimum absolute atomic E-state index is 0.730. The predicted molar refractivity (Wildman–Crippen MR) is 112 cm³/mol. The van der Waals surface area contributed by atoms with E-state index in [1.807, 2.05) is 12.1 Å². The Bertz CT molecular complexity index is 1360. The lowest BCUT2D eigenvalue weighted by Gasteiger charge is -2.10. The second-order valence-corrected chi connectivity index (χ2v) is 7.29. The molecule has 0 atom stereocenters. The monoisotopic (exact) mass is 367 g/mol. The fourth-order valence-electron chi connectivity index (χ4n) is 3.91. The summed E-state index contributed by atoms with van der Waals surface area (Å²) >= 11 is 0. The average Bonchev–Trinajstić information content (AvgIpc) is 3.22. The van der Waals surface area contributed by atoms with Crippen LogP contribution < -0.4 is 0 Å². The van der Waals surface area contributed by atoms with Gasteiger partial charge in [-0.2, -0.15) is 0 Å². The molecule has 0 aliphatic carbocycles. The number of aryl methyl sites for hydroxylation is 3. The number of aromatic nitrogens is 5. The normalized spacial score (nSPS) is 11.6. The third-order valence-corrected chi connectivity index (χ3v) is 5.58. The number of hydrogen-bond acceptors (Lipinski definition) is 3. The van der Waals surface area contributed by atoms with Crippen LogP contribution in [0.2, 0.25) is 0 Å². The number of rotatable bonds is 2. The Kier molecular flexibility index (Phi) is 3.59. The molecule has 0 unspecified atom stereocenters. The molecule has 28 heavy (non-hydrogen) atoms. The molecule has 0 aliphatic rings. The molecule has 3 heterocycles. The fraction of sp³-hybridized carbons (Fsp3) is 0.174. The van der Waals surface area contributed by atoms with Crippen LogP contribution in [0.5, 0.6) is 0 Å². The zero-order valence-electron chi connectivity index (χ0n) is 16.4. The summed E-state index contributed by atoms with van der Waals surface area (Å²) in [7, 11) is 0. The van der Waals surface area contributed by atoms with E-state index in [0.717, 1.165) is 39.3 Å². The summed E-state index contributed by atoms with van der Waals surface area (Å²) < 4.78 is 4.01. The van der Waals surface area contributed by atoms with Crippen LogP contribution in [0.25, 0.3) is 33.8 Å². The van der Waals surface area contributed by atoms with Crippen molar-refractivity contribution in [2.24, 2.45) is 0 Å². The van der Waals surface area contributed by atoms with Crippen molar-refractivity contribution in [1.82, 2.24) is 24.1 Å². The maximum absolute atomic E-state index is 4.90. The molecule has 5 rings (SSSR count). The highest BCUT2D eigenvalue weighted by Crippen LogP contribution is 2.31. The third kappa shape index (κ3) is 2.29. The highest BCUT2D eigenvalue weighted by molar-refractivity contribution is 5.95. The van der Waals surface area contributed by atoms with Gasteiger partial charge in [0.2, 0.25) is 0 Å². The van der Waals surface area contributed by atoms with Crippen molar-refractivity contribution >= 4 is 16.7 Å². The van der Waals surface area contributed by atoms with Crippen molar-refractivity contribution in [3.8, 4) is 17.1 Å². The van der Waals surface area contributed by atoms with E-state index < -0.39 is 0 Å². The Morgan fingerprint density at radius 2 is 1.50 bits per heavy atom. The number of benzene rings is 2. The Labute approximate surface area is 163 Å². The molecule has 0 saturated carbocycles. The predicted octanol–water partition coefficient (Wildman–Crippen LogP) is 4.97. The van der Waals surface area contributed by atoms with E-state index in [9.17, 15) is 0 Å². The van der Waals surface area contributed by atoms with Crippen LogP contribution in [0.4, 0.5) is 0 Å². The van der Waals surface area contributed by atoms with Gasteiger partial charge in [0.15, 0.2) is 17.1 Å². The maximum atomic E-state index is 4.90. The molecule has 5 nitrogen and oxygen atoms in total. The van der Waals surface area contributed by atoms with Gasteiger partial charge < -0.3 is 0 Å². The molecule has 5 aromatic rings. The molecule has 3 aromatic heterocycles. The van der Waals surface area contributed by atoms with Crippen molar-refractivity contribution in [1.29, 1.82) is 0 Å². The summed E-state index contributed by atoms with van der Waals surface area (Å²) in [5.41, 5.74) is 8.68. The Morgan fingerprint density at radius 3 is 2.25 bits per heavy atom. The molecule has 0 amide bonds. The van der Waals surface area contributed by atoms with Crippen LogP contribution in [-0.2, 0) is 0 Å². The third-order valence-electron chi connectivity index (χ3n) is 5.58. The van der Waals surface area contributed by atoms with Crippen LogP contribution in [0, 0.1) is 27.7 Å². The number of nitrogens with zero attached hydrogens (tertiary/aromatic N) is 5. The zero-order valence-corrected chi connectivity index (χ0v) is 16.4. The second kappa shape index (κ2) is 6.02. The minimum Gasteiger partial charge on any atom is -0.298 e. The van der Waals surface area contributed by atoms with Gasteiger partial charge >= 0.3 is 0 Å². The summed E-state index contributed by atoms with van der Waals surface area (Å²) in [6.45, 7) is 8.48. The molecule has 5 heteroatoms. The number of fused-ring (bicyclic) bond motifs is 3. The van der Waals surface area contributed by atoms with Crippen molar-refractivity contribution in [2.45, 2.75) is 27.7 Å². The molecule has 0 fully saturated rings. The van der Waals surface area contributed by atoms with Crippen LogP contribution >= 0.6 is 0 Å². The molecule has 0 bridgehead atoms. The van der Waals surface area contributed by atoms with Gasteiger partial charge in [0, 0.05) is 11.3 Å². The highest BCUT2D eigenvalue weighted by Gasteiger charge is 2.20. The van der Waals surface area contributed by atoms with Gasteiger partial charge in [-0.3, -0.25) is 4.57 Å². The molecule has 138 valence electrons. The summed E-state index contributed by atoms with van der Waals surface area (Å²) in [5.74, 6) is 0.730. The second-order valence-electron chi connectivity index (χ2n) is 7.29. The maximum Gasteiger partial charge on any atom is 0.182 e. The Balaban J connectivity index is 1.84. The van der Waals surface area contributed by atoms with Crippen molar-refractivity contribution in [2.75, 3.05) is 0 Å². The van der Waals surface area contributed by atoms with E-state index >= 15 is 0 Å². The van der Waals surface area contributed by atoms with Gasteiger partial charge in [0.05, 0.1) is 11.1 Å². The van der Waals surface area contributed by atoms with E-state index in [4.69, 9.17) is 15.1 Å². The van der Waals surface area contributed by atoms with Crippen molar-refractivity contribution in [3.05, 3.63) is 77.2 Å². The number of para-hydroxylation sites is 1. The molecule has 0 radical (unpaired) electrons. The molecule has 0 aliphatic heterocycles. The van der Waals surface area contributed by atoms with Gasteiger partial charge in [-0.15, -0.1) is 5.10 Å². The van der Waals surface area contributed by atoms with Crippen molar-refractivity contribution < 1.29 is 0 Å². The molecule has 2 aromatic carbocycles. The molecule has 0 saturated heterocycles. The summed E-state index contributed by atoms with van der Waals surface area (Å²) in [6.07, 6.45) is 1.76. The van der Waals surface area contributed by atoms with Crippen molar-refractivity contribution in [3.63, 3.8) is 0 Å². The molecule has 0 N–H and O–H groups in total. The lowest BCUT2D eigenvalue weighted by Crippen LogP contribution is -2.01. The standard InChI is InChI=1S/C23H21N5/c1-14-9-5-7-11-18(14)21-25-23-20-16(3)17(4)28(19-12-8-6-10-15(19)2)22(20)24-13-27(23)26-21/h5-13H,1-4H3. The first kappa shape index (κ1) is 16.7. The average molecular weight is 367 g/mol. The molecular weight excluding hydrogens is 346 g/mol. The minimum atomic E-state index is 0.730. The first-order valence-corrected chi connectivity index (χ1v) is 9.41. The number of hydrogen-bond donors (Lipinski definition) is 0. The first-order chi connectivity index (χ1) is 13.6. The van der Waals surface area contributed by atoms with E-state index in [1.54, 1.807) is 10.8 Å². The Morgan fingerprint density at radius 1 is 0.786 bits per heavy atom. The lowest BCUT2D eigenvalue weighted by atomic mass is 10.1. The first-order valence-electron chi connectivity index (χ1n) is 9.41. The van der Waals surface area contributed by atoms with Crippen LogP contribution in [-0.4, -0.2) is 24.1 Å². The molecule has 0 spiro atoms. The van der Waals surface area contributed by atoms with E-state index in [1.165, 1.54) is 16.8 Å². The van der Waals surface area contributed by atoms with E-state index in [2.05, 4.69) is 68.7 Å². The van der Waals surface area contributed by atoms with Gasteiger partial charge in [0.1, 0.15) is 6.33 Å². The van der Waals surface area contributed by atoms with Crippen LogP contribution in [0.15, 0.2) is 54.9 Å². The van der Waals surface area contributed by atoms with Gasteiger partial charge in [-0.25, -0.2) is 14.5 Å². The lowest BCUT2D eigenvalue weighted by molar-refractivity contribution is 0.925. The summed E-state index contributed by atoms with van der Waals surface area (Å²) in [6, 6.07) is 16.6. The van der Waals surface area contributed by atoms with Crippen LogP contribution in [0.3, 0.4) is 0 Å². The topological polar surface area (TPSA) is 48.0 Å². The fourth-order valence-corrected chi connectivity index (χ4v) is 3.91. The Hall–Kier alpha value is -3.47.